The molecule has 10 aromatic rings. The molecule has 0 saturated carbocycles. The number of rotatable bonds is 3. The van der Waals surface area contributed by atoms with Gasteiger partial charge in [0.2, 0.25) is 0 Å². The monoisotopic (exact) mass is 608 g/mol. The van der Waals surface area contributed by atoms with Crippen molar-refractivity contribution in [2.24, 2.45) is 0 Å². The summed E-state index contributed by atoms with van der Waals surface area (Å²) in [6.45, 7) is 0. The quantitative estimate of drug-likeness (QED) is 0.195. The number of hydrogen-bond donors (Lipinski definition) is 0. The van der Waals surface area contributed by atoms with Crippen LogP contribution >= 0.6 is 22.7 Å². The molecule has 4 heteroatoms. The van der Waals surface area contributed by atoms with Crippen LogP contribution in [0.25, 0.3) is 90.2 Å². The smallest absolute Gasteiger partial charge is 0.0964 e. The standard InChI is InChI=1S/C41H24N2S2/c1-3-11-25(12-4-1)27-21-36-39(42-24-27)33-22-32-29-15-7-8-20-37(29)44-38(32)23-35(33)43(36)34-19-10-18-31-30-17-9-16-28(40(30)45-41(31)34)26-13-5-2-6-14-26/h1-24H. The van der Waals surface area contributed by atoms with Crippen LogP contribution < -0.4 is 0 Å². The largest absolute Gasteiger partial charge is 0.306 e. The van der Waals surface area contributed by atoms with Crippen molar-refractivity contribution in [2.45, 2.75) is 0 Å². The first-order chi connectivity index (χ1) is 22.3. The highest BCUT2D eigenvalue weighted by Gasteiger charge is 2.20. The Morgan fingerprint density at radius 1 is 0.444 bits per heavy atom. The first-order valence-corrected chi connectivity index (χ1v) is 16.8. The van der Waals surface area contributed by atoms with Crippen LogP contribution in [-0.4, -0.2) is 9.55 Å². The summed E-state index contributed by atoms with van der Waals surface area (Å²) >= 11 is 3.76. The van der Waals surface area contributed by atoms with E-state index in [2.05, 4.69) is 144 Å². The maximum absolute atomic E-state index is 5.17. The number of benzene rings is 6. The molecule has 4 heterocycles. The lowest BCUT2D eigenvalue weighted by atomic mass is 10.0. The van der Waals surface area contributed by atoms with Gasteiger partial charge in [0.1, 0.15) is 0 Å². The van der Waals surface area contributed by atoms with Crippen molar-refractivity contribution in [1.82, 2.24) is 9.55 Å². The zero-order valence-corrected chi connectivity index (χ0v) is 25.7. The van der Waals surface area contributed by atoms with Gasteiger partial charge in [-0.25, -0.2) is 0 Å². The molecule has 6 aromatic carbocycles. The summed E-state index contributed by atoms with van der Waals surface area (Å²) in [6.07, 6.45) is 2.03. The summed E-state index contributed by atoms with van der Waals surface area (Å²) in [5.74, 6) is 0. The number of pyridine rings is 1. The number of hydrogen-bond acceptors (Lipinski definition) is 3. The van der Waals surface area contributed by atoms with Crippen LogP contribution in [0.15, 0.2) is 146 Å². The maximum atomic E-state index is 5.17. The molecule has 2 nitrogen and oxygen atoms in total. The zero-order valence-electron chi connectivity index (χ0n) is 24.1. The van der Waals surface area contributed by atoms with E-state index in [0.29, 0.717) is 0 Å². The van der Waals surface area contributed by atoms with Crippen LogP contribution in [0, 0.1) is 0 Å². The van der Waals surface area contributed by atoms with Crippen molar-refractivity contribution < 1.29 is 0 Å². The Hall–Kier alpha value is -5.29. The Labute approximate surface area is 267 Å². The summed E-state index contributed by atoms with van der Waals surface area (Å²) in [6, 6.07) is 50.6. The van der Waals surface area contributed by atoms with Gasteiger partial charge in [0.15, 0.2) is 0 Å². The molecule has 210 valence electrons. The van der Waals surface area contributed by atoms with Gasteiger partial charge in [0.25, 0.3) is 0 Å². The van der Waals surface area contributed by atoms with Crippen LogP contribution in [-0.2, 0) is 0 Å². The van der Waals surface area contributed by atoms with Gasteiger partial charge < -0.3 is 4.57 Å². The fourth-order valence-electron chi connectivity index (χ4n) is 6.97. The molecular formula is C41H24N2S2. The molecular weight excluding hydrogens is 585 g/mol. The van der Waals surface area contributed by atoms with E-state index >= 15 is 0 Å². The van der Waals surface area contributed by atoms with Gasteiger partial charge in [0, 0.05) is 52.8 Å². The van der Waals surface area contributed by atoms with Gasteiger partial charge in [-0.15, -0.1) is 22.7 Å². The third kappa shape index (κ3) is 3.70. The van der Waals surface area contributed by atoms with Gasteiger partial charge in [0.05, 0.1) is 26.9 Å². The third-order valence-corrected chi connectivity index (χ3v) is 11.4. The first-order valence-electron chi connectivity index (χ1n) is 15.1. The van der Waals surface area contributed by atoms with E-state index < -0.39 is 0 Å². The SMILES string of the molecule is c1ccc(-c2cnc3c4cc5c(cc4n(-c4cccc6c4sc4c(-c7ccccc7)cccc46)c3c2)sc2ccccc25)cc1. The van der Waals surface area contributed by atoms with E-state index in [-0.39, 0.29) is 0 Å². The molecule has 0 atom stereocenters. The number of nitrogens with zero attached hydrogens (tertiary/aromatic N) is 2. The molecule has 45 heavy (non-hydrogen) atoms. The van der Waals surface area contributed by atoms with E-state index in [9.17, 15) is 0 Å². The topological polar surface area (TPSA) is 17.8 Å². The van der Waals surface area contributed by atoms with Crippen LogP contribution in [0.3, 0.4) is 0 Å². The second kappa shape index (κ2) is 9.60. The molecule has 0 saturated heterocycles. The summed E-state index contributed by atoms with van der Waals surface area (Å²) in [4.78, 5) is 5.17. The molecule has 0 spiro atoms. The van der Waals surface area contributed by atoms with Gasteiger partial charge in [-0.3, -0.25) is 4.98 Å². The Morgan fingerprint density at radius 3 is 2.00 bits per heavy atom. The van der Waals surface area contributed by atoms with Crippen molar-refractivity contribution in [2.75, 3.05) is 0 Å². The lowest BCUT2D eigenvalue weighted by molar-refractivity contribution is 1.20. The van der Waals surface area contributed by atoms with E-state index in [1.807, 2.05) is 28.9 Å². The lowest BCUT2D eigenvalue weighted by Gasteiger charge is -2.10. The lowest BCUT2D eigenvalue weighted by Crippen LogP contribution is -1.94. The van der Waals surface area contributed by atoms with E-state index in [4.69, 9.17) is 4.98 Å². The normalized spacial score (nSPS) is 12.0. The predicted molar refractivity (Wildman–Crippen MR) is 195 cm³/mol. The Balaban J connectivity index is 1.33. The van der Waals surface area contributed by atoms with Crippen molar-refractivity contribution in [3.8, 4) is 27.9 Å². The molecule has 0 bridgehead atoms. The average Bonchev–Trinajstić information content (AvgIpc) is 3.77. The van der Waals surface area contributed by atoms with Gasteiger partial charge in [-0.05, 0) is 47.0 Å². The van der Waals surface area contributed by atoms with Crippen LogP contribution in [0.2, 0.25) is 0 Å². The molecule has 0 aliphatic carbocycles. The van der Waals surface area contributed by atoms with Crippen LogP contribution in [0.1, 0.15) is 0 Å². The minimum Gasteiger partial charge on any atom is -0.306 e. The van der Waals surface area contributed by atoms with Gasteiger partial charge >= 0.3 is 0 Å². The summed E-state index contributed by atoms with van der Waals surface area (Å²) < 4.78 is 7.69. The molecule has 0 radical (unpaired) electrons. The zero-order chi connectivity index (χ0) is 29.5. The molecule has 0 aliphatic rings. The second-order valence-corrected chi connectivity index (χ2v) is 13.7. The average molecular weight is 609 g/mol. The second-order valence-electron chi connectivity index (χ2n) is 11.6. The van der Waals surface area contributed by atoms with Crippen molar-refractivity contribution in [1.29, 1.82) is 0 Å². The highest BCUT2D eigenvalue weighted by Crippen LogP contribution is 2.45. The van der Waals surface area contributed by atoms with Crippen LogP contribution in [0.4, 0.5) is 0 Å². The fourth-order valence-corrected chi connectivity index (χ4v) is 9.43. The van der Waals surface area contributed by atoms with Crippen molar-refractivity contribution in [3.63, 3.8) is 0 Å². The van der Waals surface area contributed by atoms with Crippen molar-refractivity contribution in [3.05, 3.63) is 146 Å². The van der Waals surface area contributed by atoms with E-state index in [1.165, 1.54) is 73.6 Å². The summed E-state index contributed by atoms with van der Waals surface area (Å²) in [7, 11) is 0. The van der Waals surface area contributed by atoms with Gasteiger partial charge in [-0.2, -0.15) is 0 Å². The highest BCUT2D eigenvalue weighted by atomic mass is 32.1. The molecule has 10 rings (SSSR count). The third-order valence-electron chi connectivity index (χ3n) is 9.04. The summed E-state index contributed by atoms with van der Waals surface area (Å²) in [5, 5.41) is 6.37. The number of fused-ring (bicyclic) bond motifs is 9. The van der Waals surface area contributed by atoms with E-state index in [1.54, 1.807) is 0 Å². The first kappa shape index (κ1) is 25.1. The Kier molecular flexibility index (Phi) is 5.35. The predicted octanol–water partition coefficient (Wildman–Crippen LogP) is 12.2. The Bertz CT molecular complexity index is 2750. The molecule has 4 aromatic heterocycles. The summed E-state index contributed by atoms with van der Waals surface area (Å²) in [5.41, 5.74) is 9.36. The Morgan fingerprint density at radius 2 is 1.16 bits per heavy atom. The fraction of sp³-hybridized carbons (Fsp3) is 0. The maximum Gasteiger partial charge on any atom is 0.0964 e. The van der Waals surface area contributed by atoms with Crippen LogP contribution in [0.5, 0.6) is 0 Å². The van der Waals surface area contributed by atoms with Crippen molar-refractivity contribution >= 4 is 85.0 Å². The molecule has 0 unspecified atom stereocenters. The molecule has 0 N–H and O–H groups in total. The highest BCUT2D eigenvalue weighted by molar-refractivity contribution is 7.27. The molecule has 0 amide bonds. The molecule has 0 fully saturated rings. The minimum atomic E-state index is 1.03. The minimum absolute atomic E-state index is 1.03. The number of thiophene rings is 2. The number of aromatic nitrogens is 2. The van der Waals surface area contributed by atoms with Gasteiger partial charge in [-0.1, -0.05) is 109 Å². The molecule has 0 aliphatic heterocycles. The van der Waals surface area contributed by atoms with E-state index in [0.717, 1.165) is 16.6 Å².